The molecular formula is C17H29N. The van der Waals surface area contributed by atoms with Crippen molar-refractivity contribution in [3.05, 3.63) is 35.4 Å². The molecule has 1 atom stereocenters. The SMILES string of the molecule is CCCCC(NC)c1ccc(C(C)(C)CC)cc1. The normalized spacial score (nSPS) is 13.6. The van der Waals surface area contributed by atoms with E-state index in [-0.39, 0.29) is 5.41 Å². The summed E-state index contributed by atoms with van der Waals surface area (Å²) in [6.07, 6.45) is 4.95. The number of nitrogens with one attached hydrogen (secondary N) is 1. The fourth-order valence-electron chi connectivity index (χ4n) is 2.26. The summed E-state index contributed by atoms with van der Waals surface area (Å²) in [4.78, 5) is 0. The zero-order valence-electron chi connectivity index (χ0n) is 12.7. The number of hydrogen-bond acceptors (Lipinski definition) is 1. The molecule has 0 spiro atoms. The molecule has 0 radical (unpaired) electrons. The zero-order chi connectivity index (χ0) is 13.6. The van der Waals surface area contributed by atoms with Gasteiger partial charge in [0, 0.05) is 6.04 Å². The van der Waals surface area contributed by atoms with Crippen LogP contribution < -0.4 is 5.32 Å². The van der Waals surface area contributed by atoms with Crippen LogP contribution in [0.25, 0.3) is 0 Å². The fraction of sp³-hybridized carbons (Fsp3) is 0.647. The smallest absolute Gasteiger partial charge is 0.0317 e. The standard InChI is InChI=1S/C17H29N/c1-6-8-9-16(18-5)14-10-12-15(13-11-14)17(3,4)7-2/h10-13,16,18H,6-9H2,1-5H3. The van der Waals surface area contributed by atoms with Gasteiger partial charge in [-0.2, -0.15) is 0 Å². The molecule has 0 fully saturated rings. The largest absolute Gasteiger partial charge is 0.313 e. The number of hydrogen-bond donors (Lipinski definition) is 1. The highest BCUT2D eigenvalue weighted by Gasteiger charge is 2.18. The maximum absolute atomic E-state index is 3.43. The Balaban J connectivity index is 2.80. The molecule has 1 aromatic carbocycles. The van der Waals surface area contributed by atoms with Gasteiger partial charge in [-0.3, -0.25) is 0 Å². The van der Waals surface area contributed by atoms with Gasteiger partial charge in [0.05, 0.1) is 0 Å². The van der Waals surface area contributed by atoms with Crippen molar-refractivity contribution in [3.8, 4) is 0 Å². The molecule has 0 saturated carbocycles. The van der Waals surface area contributed by atoms with Crippen LogP contribution in [0.2, 0.25) is 0 Å². The van der Waals surface area contributed by atoms with Gasteiger partial charge in [-0.15, -0.1) is 0 Å². The second-order valence-corrected chi connectivity index (χ2v) is 5.84. The molecule has 1 unspecified atom stereocenters. The molecule has 102 valence electrons. The van der Waals surface area contributed by atoms with Gasteiger partial charge in [-0.1, -0.05) is 64.8 Å². The summed E-state index contributed by atoms with van der Waals surface area (Å²) in [5.41, 5.74) is 3.15. The van der Waals surface area contributed by atoms with Gasteiger partial charge < -0.3 is 5.32 Å². The third kappa shape index (κ3) is 3.84. The van der Waals surface area contributed by atoms with E-state index in [2.05, 4.69) is 64.3 Å². The summed E-state index contributed by atoms with van der Waals surface area (Å²) in [5.74, 6) is 0. The number of unbranched alkanes of at least 4 members (excludes halogenated alkanes) is 1. The van der Waals surface area contributed by atoms with Crippen LogP contribution in [-0.4, -0.2) is 7.05 Å². The lowest BCUT2D eigenvalue weighted by molar-refractivity contribution is 0.502. The van der Waals surface area contributed by atoms with E-state index in [0.717, 1.165) is 0 Å². The second kappa shape index (κ2) is 6.94. The van der Waals surface area contributed by atoms with E-state index in [9.17, 15) is 0 Å². The third-order valence-corrected chi connectivity index (χ3v) is 4.17. The van der Waals surface area contributed by atoms with Gasteiger partial charge in [0.25, 0.3) is 0 Å². The Morgan fingerprint density at radius 3 is 2.17 bits per heavy atom. The van der Waals surface area contributed by atoms with E-state index >= 15 is 0 Å². The van der Waals surface area contributed by atoms with Crippen molar-refractivity contribution in [1.29, 1.82) is 0 Å². The quantitative estimate of drug-likeness (QED) is 0.728. The summed E-state index contributed by atoms with van der Waals surface area (Å²) < 4.78 is 0. The lowest BCUT2D eigenvalue weighted by Crippen LogP contribution is -2.18. The minimum atomic E-state index is 0.289. The van der Waals surface area contributed by atoms with Gasteiger partial charge >= 0.3 is 0 Å². The molecule has 1 heteroatoms. The fourth-order valence-corrected chi connectivity index (χ4v) is 2.26. The molecule has 1 N–H and O–H groups in total. The molecule has 1 rings (SSSR count). The monoisotopic (exact) mass is 247 g/mol. The molecule has 0 heterocycles. The van der Waals surface area contributed by atoms with Gasteiger partial charge in [0.15, 0.2) is 0 Å². The van der Waals surface area contributed by atoms with Gasteiger partial charge in [0.1, 0.15) is 0 Å². The lowest BCUT2D eigenvalue weighted by atomic mass is 9.81. The van der Waals surface area contributed by atoms with Crippen molar-refractivity contribution in [2.24, 2.45) is 0 Å². The maximum atomic E-state index is 3.43. The molecule has 0 aromatic heterocycles. The highest BCUT2D eigenvalue weighted by atomic mass is 14.9. The van der Waals surface area contributed by atoms with E-state index in [1.807, 2.05) is 0 Å². The summed E-state index contributed by atoms with van der Waals surface area (Å²) in [5, 5.41) is 3.43. The highest BCUT2D eigenvalue weighted by molar-refractivity contribution is 5.29. The predicted octanol–water partition coefficient (Wildman–Crippen LogP) is 4.82. The van der Waals surface area contributed by atoms with Crippen LogP contribution in [0.15, 0.2) is 24.3 Å². The van der Waals surface area contributed by atoms with E-state index in [4.69, 9.17) is 0 Å². The summed E-state index contributed by atoms with van der Waals surface area (Å²) in [6.45, 7) is 9.13. The van der Waals surface area contributed by atoms with Crippen molar-refractivity contribution in [2.45, 2.75) is 64.8 Å². The maximum Gasteiger partial charge on any atom is 0.0317 e. The van der Waals surface area contributed by atoms with Gasteiger partial charge in [-0.05, 0) is 36.4 Å². The Hall–Kier alpha value is -0.820. The third-order valence-electron chi connectivity index (χ3n) is 4.17. The lowest BCUT2D eigenvalue weighted by Gasteiger charge is -2.24. The second-order valence-electron chi connectivity index (χ2n) is 5.84. The molecular weight excluding hydrogens is 218 g/mol. The van der Waals surface area contributed by atoms with Gasteiger partial charge in [-0.25, -0.2) is 0 Å². The molecule has 18 heavy (non-hydrogen) atoms. The first kappa shape index (κ1) is 15.2. The Labute approximate surface area is 113 Å². The minimum Gasteiger partial charge on any atom is -0.313 e. The predicted molar refractivity (Wildman–Crippen MR) is 81.1 cm³/mol. The molecule has 0 bridgehead atoms. The van der Waals surface area contributed by atoms with Crippen molar-refractivity contribution in [1.82, 2.24) is 5.32 Å². The van der Waals surface area contributed by atoms with E-state index in [1.165, 1.54) is 36.8 Å². The van der Waals surface area contributed by atoms with E-state index in [1.54, 1.807) is 0 Å². The first-order valence-corrected chi connectivity index (χ1v) is 7.32. The van der Waals surface area contributed by atoms with Crippen molar-refractivity contribution in [3.63, 3.8) is 0 Å². The van der Waals surface area contributed by atoms with Crippen LogP contribution in [0.1, 0.15) is 70.5 Å². The topological polar surface area (TPSA) is 12.0 Å². The van der Waals surface area contributed by atoms with Gasteiger partial charge in [0.2, 0.25) is 0 Å². The van der Waals surface area contributed by atoms with Crippen LogP contribution in [0.3, 0.4) is 0 Å². The summed E-state index contributed by atoms with van der Waals surface area (Å²) in [6, 6.07) is 9.70. The minimum absolute atomic E-state index is 0.289. The summed E-state index contributed by atoms with van der Waals surface area (Å²) >= 11 is 0. The molecule has 0 aliphatic carbocycles. The number of rotatable bonds is 7. The number of benzene rings is 1. The molecule has 0 aliphatic rings. The van der Waals surface area contributed by atoms with Crippen LogP contribution in [0.4, 0.5) is 0 Å². The van der Waals surface area contributed by atoms with Crippen LogP contribution >= 0.6 is 0 Å². The molecule has 1 nitrogen and oxygen atoms in total. The Morgan fingerprint density at radius 2 is 1.72 bits per heavy atom. The first-order valence-electron chi connectivity index (χ1n) is 7.32. The van der Waals surface area contributed by atoms with Crippen molar-refractivity contribution < 1.29 is 0 Å². The summed E-state index contributed by atoms with van der Waals surface area (Å²) in [7, 11) is 2.06. The highest BCUT2D eigenvalue weighted by Crippen LogP contribution is 2.28. The average molecular weight is 247 g/mol. The molecule has 0 amide bonds. The van der Waals surface area contributed by atoms with Crippen molar-refractivity contribution >= 4 is 0 Å². The van der Waals surface area contributed by atoms with Crippen LogP contribution in [0.5, 0.6) is 0 Å². The average Bonchev–Trinajstić information content (AvgIpc) is 2.40. The van der Waals surface area contributed by atoms with E-state index < -0.39 is 0 Å². The van der Waals surface area contributed by atoms with Crippen LogP contribution in [-0.2, 0) is 5.41 Å². The Kier molecular flexibility index (Phi) is 5.87. The molecule has 1 aromatic rings. The first-order chi connectivity index (χ1) is 8.55. The Morgan fingerprint density at radius 1 is 1.11 bits per heavy atom. The van der Waals surface area contributed by atoms with Crippen LogP contribution in [0, 0.1) is 0 Å². The molecule has 0 saturated heterocycles. The zero-order valence-corrected chi connectivity index (χ0v) is 12.7. The Bertz CT molecular complexity index is 337. The molecule has 0 aliphatic heterocycles. The van der Waals surface area contributed by atoms with Crippen molar-refractivity contribution in [2.75, 3.05) is 7.05 Å². The van der Waals surface area contributed by atoms with E-state index in [0.29, 0.717) is 6.04 Å².